The van der Waals surface area contributed by atoms with E-state index in [9.17, 15) is 9.18 Å². The van der Waals surface area contributed by atoms with Crippen LogP contribution in [-0.4, -0.2) is 24.2 Å². The lowest BCUT2D eigenvalue weighted by atomic mass is 10.0. The number of nitrogens with one attached hydrogen (secondary N) is 1. The van der Waals surface area contributed by atoms with Crippen molar-refractivity contribution in [3.63, 3.8) is 0 Å². The highest BCUT2D eigenvalue weighted by Crippen LogP contribution is 2.17. The second kappa shape index (κ2) is 7.09. The van der Waals surface area contributed by atoms with Crippen molar-refractivity contribution in [3.8, 4) is 5.75 Å². The van der Waals surface area contributed by atoms with E-state index in [4.69, 9.17) is 9.84 Å². The number of hydrogen-bond acceptors (Lipinski definition) is 3. The van der Waals surface area contributed by atoms with Crippen LogP contribution in [0.4, 0.5) is 4.39 Å². The summed E-state index contributed by atoms with van der Waals surface area (Å²) in [6.45, 7) is 4.24. The third-order valence-electron chi connectivity index (χ3n) is 2.77. The van der Waals surface area contributed by atoms with E-state index in [1.54, 1.807) is 6.07 Å². The van der Waals surface area contributed by atoms with Gasteiger partial charge in [-0.05, 0) is 30.0 Å². The van der Waals surface area contributed by atoms with Gasteiger partial charge < -0.3 is 15.2 Å². The van der Waals surface area contributed by atoms with Crippen LogP contribution in [-0.2, 0) is 11.3 Å². The van der Waals surface area contributed by atoms with Crippen LogP contribution in [0.25, 0.3) is 0 Å². The molecule has 19 heavy (non-hydrogen) atoms. The van der Waals surface area contributed by atoms with Crippen LogP contribution in [0.1, 0.15) is 25.8 Å². The fourth-order valence-corrected chi connectivity index (χ4v) is 1.80. The largest absolute Gasteiger partial charge is 0.494 e. The Kier molecular flexibility index (Phi) is 5.76. The van der Waals surface area contributed by atoms with Crippen molar-refractivity contribution in [2.45, 2.75) is 32.9 Å². The lowest BCUT2D eigenvalue weighted by molar-refractivity contribution is -0.140. The van der Waals surface area contributed by atoms with Gasteiger partial charge in [0.25, 0.3) is 0 Å². The number of carboxylic acid groups (broad SMARTS) is 1. The summed E-state index contributed by atoms with van der Waals surface area (Å²) in [5.41, 5.74) is 0.688. The third kappa shape index (κ3) is 4.87. The summed E-state index contributed by atoms with van der Waals surface area (Å²) in [7, 11) is 1.40. The van der Waals surface area contributed by atoms with E-state index in [0.29, 0.717) is 18.5 Å². The zero-order valence-electron chi connectivity index (χ0n) is 11.4. The van der Waals surface area contributed by atoms with Gasteiger partial charge in [-0.25, -0.2) is 4.39 Å². The van der Waals surface area contributed by atoms with Crippen LogP contribution in [0.2, 0.25) is 0 Å². The molecule has 2 N–H and O–H groups in total. The normalized spacial score (nSPS) is 12.5. The third-order valence-corrected chi connectivity index (χ3v) is 2.77. The molecule has 1 rings (SSSR count). The number of benzene rings is 1. The number of carboxylic acids is 1. The molecule has 0 aliphatic rings. The van der Waals surface area contributed by atoms with E-state index in [2.05, 4.69) is 5.32 Å². The summed E-state index contributed by atoms with van der Waals surface area (Å²) in [5.74, 6) is -0.873. The second-order valence-electron chi connectivity index (χ2n) is 4.87. The van der Waals surface area contributed by atoms with Crippen molar-refractivity contribution in [1.29, 1.82) is 0 Å². The fraction of sp³-hybridized carbons (Fsp3) is 0.500. The molecule has 0 heterocycles. The highest BCUT2D eigenvalue weighted by molar-refractivity contribution is 5.73. The molecule has 0 spiro atoms. The van der Waals surface area contributed by atoms with Crippen molar-refractivity contribution in [1.82, 2.24) is 5.32 Å². The van der Waals surface area contributed by atoms with Crippen LogP contribution in [0.3, 0.4) is 0 Å². The molecule has 0 bridgehead atoms. The average molecular weight is 269 g/mol. The average Bonchev–Trinajstić information content (AvgIpc) is 2.34. The second-order valence-corrected chi connectivity index (χ2v) is 4.87. The van der Waals surface area contributed by atoms with Gasteiger partial charge in [-0.1, -0.05) is 19.9 Å². The highest BCUT2D eigenvalue weighted by atomic mass is 19.1. The first-order valence-electron chi connectivity index (χ1n) is 6.22. The Hall–Kier alpha value is -1.62. The highest BCUT2D eigenvalue weighted by Gasteiger charge is 2.18. The van der Waals surface area contributed by atoms with Gasteiger partial charge in [0.1, 0.15) is 6.04 Å². The van der Waals surface area contributed by atoms with E-state index in [0.717, 1.165) is 0 Å². The maximum absolute atomic E-state index is 13.5. The van der Waals surface area contributed by atoms with E-state index in [1.165, 1.54) is 19.2 Å². The first-order chi connectivity index (χ1) is 8.93. The molecule has 0 radical (unpaired) electrons. The zero-order valence-corrected chi connectivity index (χ0v) is 11.4. The topological polar surface area (TPSA) is 58.6 Å². The van der Waals surface area contributed by atoms with E-state index in [-0.39, 0.29) is 11.7 Å². The molecule has 0 saturated heterocycles. The minimum absolute atomic E-state index is 0.181. The minimum atomic E-state index is -0.886. The van der Waals surface area contributed by atoms with Crippen LogP contribution < -0.4 is 10.1 Å². The molecule has 0 saturated carbocycles. The summed E-state index contributed by atoms with van der Waals surface area (Å²) >= 11 is 0. The summed E-state index contributed by atoms with van der Waals surface area (Å²) in [5, 5.41) is 12.0. The number of methoxy groups -OCH3 is 1. The van der Waals surface area contributed by atoms with Crippen LogP contribution >= 0.6 is 0 Å². The van der Waals surface area contributed by atoms with E-state index in [1.807, 2.05) is 13.8 Å². The summed E-state index contributed by atoms with van der Waals surface area (Å²) < 4.78 is 18.3. The van der Waals surface area contributed by atoms with Gasteiger partial charge in [0.2, 0.25) is 0 Å². The Labute approximate surface area is 112 Å². The Balaban J connectivity index is 2.64. The van der Waals surface area contributed by atoms with Crippen molar-refractivity contribution in [3.05, 3.63) is 29.6 Å². The van der Waals surface area contributed by atoms with Gasteiger partial charge in [-0.2, -0.15) is 0 Å². The predicted octanol–water partition coefficient (Wildman–Crippen LogP) is 2.42. The Bertz CT molecular complexity index is 435. The number of rotatable bonds is 7. The van der Waals surface area contributed by atoms with Crippen molar-refractivity contribution < 1.29 is 19.0 Å². The predicted molar refractivity (Wildman–Crippen MR) is 70.7 cm³/mol. The molecule has 0 aliphatic heterocycles. The molecular weight excluding hydrogens is 249 g/mol. The van der Waals surface area contributed by atoms with Gasteiger partial charge >= 0.3 is 5.97 Å². The fourth-order valence-electron chi connectivity index (χ4n) is 1.80. The number of carbonyl (C=O) groups is 1. The van der Waals surface area contributed by atoms with E-state index < -0.39 is 17.8 Å². The molecule has 0 fully saturated rings. The number of ether oxygens (including phenoxy) is 1. The summed E-state index contributed by atoms with van der Waals surface area (Å²) in [6.07, 6.45) is 0.536. The quantitative estimate of drug-likeness (QED) is 0.798. The first kappa shape index (κ1) is 15.4. The molecule has 0 aromatic heterocycles. The van der Waals surface area contributed by atoms with Gasteiger partial charge in [-0.3, -0.25) is 4.79 Å². The number of halogens is 1. The molecule has 0 amide bonds. The van der Waals surface area contributed by atoms with Crippen molar-refractivity contribution in [2.24, 2.45) is 5.92 Å². The molecular formula is C14H20FNO3. The smallest absolute Gasteiger partial charge is 0.320 e. The van der Waals surface area contributed by atoms with Crippen LogP contribution in [0.15, 0.2) is 18.2 Å². The van der Waals surface area contributed by atoms with Gasteiger partial charge in [0.05, 0.1) is 7.11 Å². The molecule has 1 aromatic carbocycles. The SMILES string of the molecule is COc1ccc(CN[C@@H](CC(C)C)C(=O)O)cc1F. The Morgan fingerprint density at radius 1 is 1.47 bits per heavy atom. The van der Waals surface area contributed by atoms with Gasteiger partial charge in [0.15, 0.2) is 11.6 Å². The van der Waals surface area contributed by atoms with Crippen LogP contribution in [0, 0.1) is 11.7 Å². The standard InChI is InChI=1S/C14H20FNO3/c1-9(2)6-12(14(17)18)16-8-10-4-5-13(19-3)11(15)7-10/h4-5,7,9,12,16H,6,8H2,1-3H3,(H,17,18)/t12-/m0/s1. The monoisotopic (exact) mass is 269 g/mol. The molecule has 1 aromatic rings. The first-order valence-corrected chi connectivity index (χ1v) is 6.22. The van der Waals surface area contributed by atoms with Gasteiger partial charge in [-0.15, -0.1) is 0 Å². The Morgan fingerprint density at radius 3 is 2.63 bits per heavy atom. The van der Waals surface area contributed by atoms with E-state index >= 15 is 0 Å². The Morgan fingerprint density at radius 2 is 2.16 bits per heavy atom. The molecule has 5 heteroatoms. The zero-order chi connectivity index (χ0) is 14.4. The van der Waals surface area contributed by atoms with Crippen LogP contribution in [0.5, 0.6) is 5.75 Å². The lowest BCUT2D eigenvalue weighted by Crippen LogP contribution is -2.37. The molecule has 0 unspecified atom stereocenters. The lowest BCUT2D eigenvalue weighted by Gasteiger charge is -2.16. The summed E-state index contributed by atoms with van der Waals surface area (Å²) in [4.78, 5) is 11.1. The van der Waals surface area contributed by atoms with Crippen molar-refractivity contribution in [2.75, 3.05) is 7.11 Å². The number of aliphatic carboxylic acids is 1. The molecule has 1 atom stereocenters. The molecule has 0 aliphatic carbocycles. The maximum Gasteiger partial charge on any atom is 0.320 e. The summed E-state index contributed by atoms with van der Waals surface area (Å²) in [6, 6.07) is 3.97. The molecule has 4 nitrogen and oxygen atoms in total. The molecule has 106 valence electrons. The van der Waals surface area contributed by atoms with Crippen molar-refractivity contribution >= 4 is 5.97 Å². The maximum atomic E-state index is 13.5. The van der Waals surface area contributed by atoms with Gasteiger partial charge in [0, 0.05) is 6.54 Å². The number of hydrogen-bond donors (Lipinski definition) is 2. The minimum Gasteiger partial charge on any atom is -0.494 e.